The van der Waals surface area contributed by atoms with Crippen molar-refractivity contribution >= 4 is 23.2 Å². The zero-order chi connectivity index (χ0) is 13.1. The fourth-order valence-electron chi connectivity index (χ4n) is 1.65. The SMILES string of the molecule is CC(C)(C)C(Cl)CCCc1cccc(F)c1Cl. The van der Waals surface area contributed by atoms with Gasteiger partial charge in [-0.15, -0.1) is 11.6 Å². The van der Waals surface area contributed by atoms with Crippen LogP contribution >= 0.6 is 23.2 Å². The van der Waals surface area contributed by atoms with Crippen LogP contribution in [0.25, 0.3) is 0 Å². The summed E-state index contributed by atoms with van der Waals surface area (Å²) in [6, 6.07) is 4.94. The van der Waals surface area contributed by atoms with E-state index in [0.29, 0.717) is 0 Å². The molecule has 1 atom stereocenters. The molecule has 17 heavy (non-hydrogen) atoms. The molecule has 1 unspecified atom stereocenters. The van der Waals surface area contributed by atoms with Gasteiger partial charge in [-0.25, -0.2) is 4.39 Å². The van der Waals surface area contributed by atoms with Gasteiger partial charge in [0.05, 0.1) is 5.02 Å². The quantitative estimate of drug-likeness (QED) is 0.641. The highest BCUT2D eigenvalue weighted by atomic mass is 35.5. The molecule has 1 aromatic carbocycles. The maximum atomic E-state index is 13.2. The van der Waals surface area contributed by atoms with Gasteiger partial charge in [0.25, 0.3) is 0 Å². The summed E-state index contributed by atoms with van der Waals surface area (Å²) < 4.78 is 13.2. The Morgan fingerprint density at radius 1 is 1.29 bits per heavy atom. The molecule has 0 fully saturated rings. The molecule has 1 rings (SSSR count). The summed E-state index contributed by atoms with van der Waals surface area (Å²) in [6.45, 7) is 6.37. The van der Waals surface area contributed by atoms with Crippen molar-refractivity contribution in [2.75, 3.05) is 0 Å². The molecule has 0 spiro atoms. The minimum Gasteiger partial charge on any atom is -0.205 e. The summed E-state index contributed by atoms with van der Waals surface area (Å²) in [4.78, 5) is 0. The summed E-state index contributed by atoms with van der Waals surface area (Å²) >= 11 is 12.2. The highest BCUT2D eigenvalue weighted by Gasteiger charge is 2.21. The second-order valence-electron chi connectivity index (χ2n) is 5.44. The van der Waals surface area contributed by atoms with Crippen molar-refractivity contribution in [2.45, 2.75) is 45.4 Å². The molecular weight excluding hydrogens is 258 g/mol. The molecule has 0 amide bonds. The Labute approximate surface area is 113 Å². The highest BCUT2D eigenvalue weighted by molar-refractivity contribution is 6.31. The first-order chi connectivity index (χ1) is 7.82. The number of rotatable bonds is 4. The van der Waals surface area contributed by atoms with Crippen LogP contribution < -0.4 is 0 Å². The molecule has 0 bridgehead atoms. The van der Waals surface area contributed by atoms with Crippen molar-refractivity contribution in [1.82, 2.24) is 0 Å². The molecule has 1 aromatic rings. The first kappa shape index (κ1) is 14.8. The van der Waals surface area contributed by atoms with Crippen LogP contribution in [-0.4, -0.2) is 5.38 Å². The summed E-state index contributed by atoms with van der Waals surface area (Å²) in [5.74, 6) is -0.345. The predicted octanol–water partition coefficient (Wildman–Crippen LogP) is 5.46. The molecule has 0 nitrogen and oxygen atoms in total. The van der Waals surface area contributed by atoms with E-state index in [9.17, 15) is 4.39 Å². The van der Waals surface area contributed by atoms with Crippen LogP contribution in [-0.2, 0) is 6.42 Å². The van der Waals surface area contributed by atoms with E-state index in [2.05, 4.69) is 20.8 Å². The maximum absolute atomic E-state index is 13.2. The molecule has 0 aromatic heterocycles. The summed E-state index contributed by atoms with van der Waals surface area (Å²) in [5.41, 5.74) is 0.970. The van der Waals surface area contributed by atoms with Crippen LogP contribution in [0.3, 0.4) is 0 Å². The third kappa shape index (κ3) is 4.48. The lowest BCUT2D eigenvalue weighted by Crippen LogP contribution is -2.20. The second kappa shape index (κ2) is 6.06. The average Bonchev–Trinajstić information content (AvgIpc) is 2.22. The fraction of sp³-hybridized carbons (Fsp3) is 0.571. The number of benzene rings is 1. The molecule has 96 valence electrons. The van der Waals surface area contributed by atoms with E-state index in [1.165, 1.54) is 6.07 Å². The zero-order valence-corrected chi connectivity index (χ0v) is 12.1. The van der Waals surface area contributed by atoms with Crippen molar-refractivity contribution in [2.24, 2.45) is 5.41 Å². The average molecular weight is 277 g/mol. The van der Waals surface area contributed by atoms with Crippen LogP contribution in [0.15, 0.2) is 18.2 Å². The highest BCUT2D eigenvalue weighted by Crippen LogP contribution is 2.29. The molecule has 0 radical (unpaired) electrons. The number of hydrogen-bond donors (Lipinski definition) is 0. The standard InChI is InChI=1S/C14H19Cl2F/c1-14(2,3)12(15)9-5-7-10-6-4-8-11(17)13(10)16/h4,6,8,12H,5,7,9H2,1-3H3. The lowest BCUT2D eigenvalue weighted by molar-refractivity contribution is 0.369. The number of aryl methyl sites for hydroxylation is 1. The van der Waals surface area contributed by atoms with Gasteiger partial charge in [-0.1, -0.05) is 44.5 Å². The molecule has 0 saturated heterocycles. The predicted molar refractivity (Wildman–Crippen MR) is 73.4 cm³/mol. The summed E-state index contributed by atoms with van der Waals surface area (Å²) in [6.07, 6.45) is 2.61. The topological polar surface area (TPSA) is 0 Å². The van der Waals surface area contributed by atoms with Gasteiger partial charge in [0, 0.05) is 5.38 Å². The number of hydrogen-bond acceptors (Lipinski definition) is 0. The van der Waals surface area contributed by atoms with Crippen LogP contribution in [0.5, 0.6) is 0 Å². The largest absolute Gasteiger partial charge is 0.205 e. The van der Waals surface area contributed by atoms with Crippen LogP contribution in [0, 0.1) is 11.2 Å². The minimum atomic E-state index is -0.345. The number of alkyl halides is 1. The van der Waals surface area contributed by atoms with Gasteiger partial charge in [-0.2, -0.15) is 0 Å². The smallest absolute Gasteiger partial charge is 0.142 e. The molecule has 0 heterocycles. The summed E-state index contributed by atoms with van der Waals surface area (Å²) in [5, 5.41) is 0.379. The van der Waals surface area contributed by atoms with E-state index in [1.54, 1.807) is 6.07 Å². The van der Waals surface area contributed by atoms with Gasteiger partial charge in [-0.05, 0) is 36.3 Å². The minimum absolute atomic E-state index is 0.104. The number of halogens is 3. The van der Waals surface area contributed by atoms with Crippen molar-refractivity contribution in [3.05, 3.63) is 34.6 Å². The molecule has 0 saturated carbocycles. The lowest BCUT2D eigenvalue weighted by atomic mass is 9.88. The first-order valence-electron chi connectivity index (χ1n) is 5.89. The third-order valence-corrected chi connectivity index (χ3v) is 4.17. The van der Waals surface area contributed by atoms with E-state index in [4.69, 9.17) is 23.2 Å². The molecule has 0 aliphatic heterocycles. The van der Waals surface area contributed by atoms with E-state index in [-0.39, 0.29) is 21.6 Å². The van der Waals surface area contributed by atoms with Crippen LogP contribution in [0.4, 0.5) is 4.39 Å². The third-order valence-electron chi connectivity index (χ3n) is 2.87. The Hall–Kier alpha value is -0.270. The van der Waals surface area contributed by atoms with E-state index >= 15 is 0 Å². The Morgan fingerprint density at radius 3 is 2.53 bits per heavy atom. The van der Waals surface area contributed by atoms with Crippen LogP contribution in [0.1, 0.15) is 39.2 Å². The van der Waals surface area contributed by atoms with E-state index < -0.39 is 0 Å². The Bertz CT molecular complexity index is 369. The van der Waals surface area contributed by atoms with Crippen molar-refractivity contribution in [1.29, 1.82) is 0 Å². The van der Waals surface area contributed by atoms with Crippen molar-refractivity contribution < 1.29 is 4.39 Å². The van der Waals surface area contributed by atoms with Gasteiger partial charge >= 0.3 is 0 Å². The molecular formula is C14H19Cl2F. The molecule has 0 aliphatic carbocycles. The Kier molecular flexibility index (Phi) is 5.27. The molecule has 0 N–H and O–H groups in total. The van der Waals surface area contributed by atoms with Crippen molar-refractivity contribution in [3.8, 4) is 0 Å². The summed E-state index contributed by atoms with van der Waals surface area (Å²) in [7, 11) is 0. The van der Waals surface area contributed by atoms with E-state index in [0.717, 1.165) is 24.8 Å². The van der Waals surface area contributed by atoms with Crippen LogP contribution in [0.2, 0.25) is 5.02 Å². The second-order valence-corrected chi connectivity index (χ2v) is 6.34. The van der Waals surface area contributed by atoms with Crippen molar-refractivity contribution in [3.63, 3.8) is 0 Å². The molecule has 3 heteroatoms. The monoisotopic (exact) mass is 276 g/mol. The van der Waals surface area contributed by atoms with Gasteiger partial charge in [-0.3, -0.25) is 0 Å². The van der Waals surface area contributed by atoms with E-state index in [1.807, 2.05) is 6.07 Å². The molecule has 0 aliphatic rings. The van der Waals surface area contributed by atoms with Gasteiger partial charge in [0.1, 0.15) is 5.82 Å². The normalized spacial score (nSPS) is 13.8. The van der Waals surface area contributed by atoms with Gasteiger partial charge in [0.2, 0.25) is 0 Å². The fourth-order valence-corrected chi connectivity index (χ4v) is 2.02. The Balaban J connectivity index is 2.49. The van der Waals surface area contributed by atoms with Gasteiger partial charge < -0.3 is 0 Å². The zero-order valence-electron chi connectivity index (χ0n) is 10.6. The first-order valence-corrected chi connectivity index (χ1v) is 6.71. The lowest BCUT2D eigenvalue weighted by Gasteiger charge is -2.25. The van der Waals surface area contributed by atoms with Gasteiger partial charge in [0.15, 0.2) is 0 Å². The maximum Gasteiger partial charge on any atom is 0.142 e. The Morgan fingerprint density at radius 2 is 1.94 bits per heavy atom.